The van der Waals surface area contributed by atoms with Crippen LogP contribution in [0.3, 0.4) is 0 Å². The van der Waals surface area contributed by atoms with Gasteiger partial charge in [-0.1, -0.05) is 18.2 Å². The van der Waals surface area contributed by atoms with Crippen molar-refractivity contribution < 1.29 is 13.2 Å². The van der Waals surface area contributed by atoms with E-state index in [1.807, 2.05) is 35.4 Å². The lowest BCUT2D eigenvalue weighted by Crippen LogP contribution is -2.36. The summed E-state index contributed by atoms with van der Waals surface area (Å²) >= 11 is 0. The quantitative estimate of drug-likeness (QED) is 0.817. The first-order valence-corrected chi connectivity index (χ1v) is 10.6. The number of aromatic amines is 1. The van der Waals surface area contributed by atoms with Crippen molar-refractivity contribution in [3.8, 4) is 0 Å². The molecule has 0 unspecified atom stereocenters. The number of hydrogen-bond donors (Lipinski definition) is 1. The van der Waals surface area contributed by atoms with Crippen molar-refractivity contribution >= 4 is 26.8 Å². The number of hydrogen-bond acceptors (Lipinski definition) is 3. The van der Waals surface area contributed by atoms with Crippen molar-refractivity contribution in [2.45, 2.75) is 25.7 Å². The predicted molar refractivity (Wildman–Crippen MR) is 98.9 cm³/mol. The minimum absolute atomic E-state index is 0.0539. The summed E-state index contributed by atoms with van der Waals surface area (Å²) in [5.41, 5.74) is 2.14. The van der Waals surface area contributed by atoms with E-state index in [1.54, 1.807) is 0 Å². The van der Waals surface area contributed by atoms with E-state index in [1.165, 1.54) is 10.6 Å². The van der Waals surface area contributed by atoms with E-state index in [-0.39, 0.29) is 18.9 Å². The lowest BCUT2D eigenvalue weighted by Gasteiger charge is -2.21. The van der Waals surface area contributed by atoms with E-state index in [0.29, 0.717) is 13.0 Å². The van der Waals surface area contributed by atoms with Crippen LogP contribution in [-0.4, -0.2) is 60.9 Å². The molecule has 1 fully saturated rings. The molecule has 2 aromatic rings. The summed E-state index contributed by atoms with van der Waals surface area (Å²) < 4.78 is 25.6. The maximum Gasteiger partial charge on any atom is 0.223 e. The molecule has 1 saturated heterocycles. The number of nitrogens with zero attached hydrogens (tertiary/aromatic N) is 2. The average molecular weight is 363 g/mol. The van der Waals surface area contributed by atoms with Gasteiger partial charge in [-0.3, -0.25) is 4.79 Å². The van der Waals surface area contributed by atoms with Crippen LogP contribution in [0.5, 0.6) is 0 Å². The van der Waals surface area contributed by atoms with Gasteiger partial charge in [0, 0.05) is 49.7 Å². The molecule has 7 heteroatoms. The molecule has 0 atom stereocenters. The monoisotopic (exact) mass is 363 g/mol. The highest BCUT2D eigenvalue weighted by molar-refractivity contribution is 7.88. The number of carbonyl (C=O) groups excluding carboxylic acids is 1. The first-order chi connectivity index (χ1) is 11.9. The van der Waals surface area contributed by atoms with Crippen LogP contribution >= 0.6 is 0 Å². The second-order valence-corrected chi connectivity index (χ2v) is 8.59. The Balaban J connectivity index is 1.62. The lowest BCUT2D eigenvalue weighted by molar-refractivity contribution is -0.130. The number of para-hydroxylation sites is 1. The maximum atomic E-state index is 12.2. The van der Waals surface area contributed by atoms with Crippen LogP contribution in [0.25, 0.3) is 10.9 Å². The third-order valence-electron chi connectivity index (χ3n) is 4.81. The molecule has 25 heavy (non-hydrogen) atoms. The number of carbonyl (C=O) groups is 1. The second-order valence-electron chi connectivity index (χ2n) is 6.61. The zero-order valence-corrected chi connectivity index (χ0v) is 15.4. The van der Waals surface area contributed by atoms with Gasteiger partial charge in [0.05, 0.1) is 6.26 Å². The zero-order valence-electron chi connectivity index (χ0n) is 14.6. The van der Waals surface area contributed by atoms with E-state index in [0.717, 1.165) is 42.4 Å². The third-order valence-corrected chi connectivity index (χ3v) is 6.11. The minimum atomic E-state index is -3.34. The molecule has 1 aliphatic heterocycles. The summed E-state index contributed by atoms with van der Waals surface area (Å²) in [6.45, 7) is 2.23. The highest BCUT2D eigenvalue weighted by Gasteiger charge is 2.22. The van der Waals surface area contributed by atoms with E-state index in [9.17, 15) is 13.2 Å². The Morgan fingerprint density at radius 1 is 1.20 bits per heavy atom. The van der Waals surface area contributed by atoms with Gasteiger partial charge in [0.2, 0.25) is 15.9 Å². The SMILES string of the molecule is CS(=O)(=O)N(CCC(=O)N1CCCC1)CCc1c[nH]c2ccccc12. The Kier molecular flexibility index (Phi) is 5.44. The Morgan fingerprint density at radius 2 is 1.92 bits per heavy atom. The minimum Gasteiger partial charge on any atom is -0.361 e. The summed E-state index contributed by atoms with van der Waals surface area (Å²) in [6, 6.07) is 7.98. The Hall–Kier alpha value is -1.86. The molecule has 1 N–H and O–H groups in total. The van der Waals surface area contributed by atoms with Gasteiger partial charge >= 0.3 is 0 Å². The Labute approximate surface area is 148 Å². The topological polar surface area (TPSA) is 73.5 Å². The van der Waals surface area contributed by atoms with Crippen molar-refractivity contribution in [2.75, 3.05) is 32.4 Å². The van der Waals surface area contributed by atoms with Crippen LogP contribution in [0, 0.1) is 0 Å². The van der Waals surface area contributed by atoms with Crippen LogP contribution in [0.15, 0.2) is 30.5 Å². The summed E-state index contributed by atoms with van der Waals surface area (Å²) in [5, 5.41) is 1.11. The molecular formula is C18H25N3O3S. The molecule has 1 aromatic heterocycles. The van der Waals surface area contributed by atoms with Crippen molar-refractivity contribution in [1.82, 2.24) is 14.2 Å². The number of benzene rings is 1. The van der Waals surface area contributed by atoms with Gasteiger partial charge in [0.25, 0.3) is 0 Å². The van der Waals surface area contributed by atoms with Gasteiger partial charge in [-0.15, -0.1) is 0 Å². The van der Waals surface area contributed by atoms with E-state index in [2.05, 4.69) is 4.98 Å². The van der Waals surface area contributed by atoms with E-state index < -0.39 is 10.0 Å². The van der Waals surface area contributed by atoms with E-state index >= 15 is 0 Å². The fourth-order valence-electron chi connectivity index (χ4n) is 3.37. The molecule has 1 amide bonds. The number of rotatable bonds is 7. The summed E-state index contributed by atoms with van der Waals surface area (Å²) in [6.07, 6.45) is 6.10. The van der Waals surface area contributed by atoms with Gasteiger partial charge in [-0.2, -0.15) is 0 Å². The lowest BCUT2D eigenvalue weighted by atomic mass is 10.1. The first-order valence-electron chi connectivity index (χ1n) is 8.73. The van der Waals surface area contributed by atoms with Crippen molar-refractivity contribution in [3.63, 3.8) is 0 Å². The number of nitrogens with one attached hydrogen (secondary N) is 1. The predicted octanol–water partition coefficient (Wildman–Crippen LogP) is 1.98. The molecule has 0 bridgehead atoms. The molecule has 3 rings (SSSR count). The average Bonchev–Trinajstić information content (AvgIpc) is 3.23. The smallest absolute Gasteiger partial charge is 0.223 e. The Morgan fingerprint density at radius 3 is 2.64 bits per heavy atom. The van der Waals surface area contributed by atoms with Crippen LogP contribution in [0.4, 0.5) is 0 Å². The second kappa shape index (κ2) is 7.58. The largest absolute Gasteiger partial charge is 0.361 e. The van der Waals surface area contributed by atoms with Gasteiger partial charge in [0.1, 0.15) is 0 Å². The van der Waals surface area contributed by atoms with Gasteiger partial charge in [-0.25, -0.2) is 12.7 Å². The molecule has 136 valence electrons. The molecule has 6 nitrogen and oxygen atoms in total. The number of aromatic nitrogens is 1. The standard InChI is InChI=1S/C18H25N3O3S/c1-25(23,24)21(13-9-18(22)20-10-4-5-11-20)12-8-15-14-19-17-7-3-2-6-16(15)17/h2-3,6-7,14,19H,4-5,8-13H2,1H3. The summed E-state index contributed by atoms with van der Waals surface area (Å²) in [4.78, 5) is 17.2. The number of sulfonamides is 1. The summed E-state index contributed by atoms with van der Waals surface area (Å²) in [7, 11) is -3.34. The first kappa shape index (κ1) is 17.9. The van der Waals surface area contributed by atoms with Crippen LogP contribution < -0.4 is 0 Å². The summed E-state index contributed by atoms with van der Waals surface area (Å²) in [5.74, 6) is 0.0539. The van der Waals surface area contributed by atoms with Crippen LogP contribution in [0.1, 0.15) is 24.8 Å². The molecule has 0 aliphatic carbocycles. The zero-order chi connectivity index (χ0) is 17.9. The fraction of sp³-hybridized carbons (Fsp3) is 0.500. The van der Waals surface area contributed by atoms with Crippen LogP contribution in [-0.2, 0) is 21.2 Å². The van der Waals surface area contributed by atoms with Crippen molar-refractivity contribution in [1.29, 1.82) is 0 Å². The maximum absolute atomic E-state index is 12.2. The molecule has 0 radical (unpaired) electrons. The molecule has 2 heterocycles. The Bertz CT molecular complexity index is 838. The molecule has 1 aromatic carbocycles. The molecule has 0 spiro atoms. The van der Waals surface area contributed by atoms with Crippen molar-refractivity contribution in [2.24, 2.45) is 0 Å². The highest BCUT2D eigenvalue weighted by Crippen LogP contribution is 2.19. The normalized spacial score (nSPS) is 15.4. The molecule has 1 aliphatic rings. The third kappa shape index (κ3) is 4.41. The van der Waals surface area contributed by atoms with Gasteiger partial charge in [0.15, 0.2) is 0 Å². The van der Waals surface area contributed by atoms with Gasteiger partial charge < -0.3 is 9.88 Å². The number of likely N-dealkylation sites (tertiary alicyclic amines) is 1. The van der Waals surface area contributed by atoms with E-state index in [4.69, 9.17) is 0 Å². The number of amides is 1. The van der Waals surface area contributed by atoms with Crippen LogP contribution in [0.2, 0.25) is 0 Å². The fourth-order valence-corrected chi connectivity index (χ4v) is 4.22. The number of H-pyrrole nitrogens is 1. The molecule has 0 saturated carbocycles. The highest BCUT2D eigenvalue weighted by atomic mass is 32.2. The van der Waals surface area contributed by atoms with Gasteiger partial charge in [-0.05, 0) is 30.9 Å². The number of fused-ring (bicyclic) bond motifs is 1. The molecular weight excluding hydrogens is 338 g/mol. The van der Waals surface area contributed by atoms with Crippen molar-refractivity contribution in [3.05, 3.63) is 36.0 Å².